The van der Waals surface area contributed by atoms with Crippen molar-refractivity contribution in [1.82, 2.24) is 10.2 Å². The van der Waals surface area contributed by atoms with E-state index in [2.05, 4.69) is 17.1 Å². The number of hydrogen-bond donors (Lipinski definition) is 1. The summed E-state index contributed by atoms with van der Waals surface area (Å²) in [4.78, 5) is 2.36. The Labute approximate surface area is 117 Å². The number of halogens is 3. The third-order valence-corrected chi connectivity index (χ3v) is 4.34. The van der Waals surface area contributed by atoms with Crippen LogP contribution in [-0.2, 0) is 6.54 Å². The molecule has 0 amide bonds. The van der Waals surface area contributed by atoms with E-state index >= 15 is 0 Å². The number of nitrogens with zero attached hydrogens (tertiary/aromatic N) is 1. The SMILES string of the molecule is CC1CNCCN1Cc1c(Cl)ccc(Cl)c1Cl. The molecule has 0 bridgehead atoms. The molecule has 0 radical (unpaired) electrons. The molecule has 5 heteroatoms. The van der Waals surface area contributed by atoms with Crippen molar-refractivity contribution < 1.29 is 0 Å². The van der Waals surface area contributed by atoms with Gasteiger partial charge in [-0.1, -0.05) is 34.8 Å². The number of rotatable bonds is 2. The summed E-state index contributed by atoms with van der Waals surface area (Å²) in [5.41, 5.74) is 0.926. The largest absolute Gasteiger partial charge is 0.314 e. The van der Waals surface area contributed by atoms with Crippen LogP contribution >= 0.6 is 34.8 Å². The van der Waals surface area contributed by atoms with Gasteiger partial charge in [0.25, 0.3) is 0 Å². The first-order chi connectivity index (χ1) is 8.09. The van der Waals surface area contributed by atoms with Crippen LogP contribution in [0.25, 0.3) is 0 Å². The highest BCUT2D eigenvalue weighted by Crippen LogP contribution is 2.32. The van der Waals surface area contributed by atoms with Crippen molar-refractivity contribution >= 4 is 34.8 Å². The van der Waals surface area contributed by atoms with E-state index in [1.54, 1.807) is 12.1 Å². The second-order valence-electron chi connectivity index (χ2n) is 4.35. The van der Waals surface area contributed by atoms with Gasteiger partial charge in [0.05, 0.1) is 10.0 Å². The molecule has 0 spiro atoms. The topological polar surface area (TPSA) is 15.3 Å². The molecule has 0 aromatic heterocycles. The zero-order valence-corrected chi connectivity index (χ0v) is 11.9. The summed E-state index contributed by atoms with van der Waals surface area (Å²) in [6, 6.07) is 4.02. The first-order valence-electron chi connectivity index (χ1n) is 5.66. The first-order valence-corrected chi connectivity index (χ1v) is 6.80. The highest BCUT2D eigenvalue weighted by molar-refractivity contribution is 6.44. The van der Waals surface area contributed by atoms with Gasteiger partial charge in [-0.2, -0.15) is 0 Å². The van der Waals surface area contributed by atoms with Gasteiger partial charge in [0, 0.05) is 42.8 Å². The Morgan fingerprint density at radius 2 is 2.00 bits per heavy atom. The number of nitrogens with one attached hydrogen (secondary N) is 1. The summed E-state index contributed by atoms with van der Waals surface area (Å²) in [7, 11) is 0. The molecule has 1 aromatic rings. The summed E-state index contributed by atoms with van der Waals surface area (Å²) in [5.74, 6) is 0. The fourth-order valence-corrected chi connectivity index (χ4v) is 2.70. The van der Waals surface area contributed by atoms with Crippen LogP contribution in [0.3, 0.4) is 0 Å². The number of benzene rings is 1. The molecule has 1 heterocycles. The van der Waals surface area contributed by atoms with Gasteiger partial charge in [-0.25, -0.2) is 0 Å². The molecule has 1 N–H and O–H groups in total. The fraction of sp³-hybridized carbons (Fsp3) is 0.500. The molecule has 1 saturated heterocycles. The normalized spacial score (nSPS) is 21.8. The molecule has 17 heavy (non-hydrogen) atoms. The molecule has 2 nitrogen and oxygen atoms in total. The molecule has 1 atom stereocenters. The van der Waals surface area contributed by atoms with Crippen molar-refractivity contribution in [3.8, 4) is 0 Å². The predicted octanol–water partition coefficient (Wildman–Crippen LogP) is 3.44. The van der Waals surface area contributed by atoms with Gasteiger partial charge in [0.2, 0.25) is 0 Å². The van der Waals surface area contributed by atoms with Crippen molar-refractivity contribution in [2.24, 2.45) is 0 Å². The van der Waals surface area contributed by atoms with Gasteiger partial charge >= 0.3 is 0 Å². The van der Waals surface area contributed by atoms with Gasteiger partial charge in [0.15, 0.2) is 0 Å². The van der Waals surface area contributed by atoms with Crippen LogP contribution in [0.1, 0.15) is 12.5 Å². The average Bonchev–Trinajstić information content (AvgIpc) is 2.32. The van der Waals surface area contributed by atoms with Gasteiger partial charge in [-0.15, -0.1) is 0 Å². The van der Waals surface area contributed by atoms with Crippen LogP contribution in [0, 0.1) is 0 Å². The lowest BCUT2D eigenvalue weighted by Gasteiger charge is -2.34. The van der Waals surface area contributed by atoms with Crippen LogP contribution in [0.15, 0.2) is 12.1 Å². The summed E-state index contributed by atoms with van der Waals surface area (Å²) in [5, 5.41) is 5.18. The third-order valence-electron chi connectivity index (χ3n) is 3.14. The average molecular weight is 294 g/mol. The minimum Gasteiger partial charge on any atom is -0.314 e. The molecule has 1 aliphatic heterocycles. The zero-order valence-electron chi connectivity index (χ0n) is 9.64. The molecule has 1 aromatic carbocycles. The molecule has 1 aliphatic rings. The van der Waals surface area contributed by atoms with E-state index in [9.17, 15) is 0 Å². The van der Waals surface area contributed by atoms with Gasteiger partial charge in [0.1, 0.15) is 0 Å². The minimum absolute atomic E-state index is 0.481. The second kappa shape index (κ2) is 5.77. The van der Waals surface area contributed by atoms with Crippen molar-refractivity contribution in [2.75, 3.05) is 19.6 Å². The van der Waals surface area contributed by atoms with E-state index in [-0.39, 0.29) is 0 Å². The van der Waals surface area contributed by atoms with Gasteiger partial charge < -0.3 is 5.32 Å². The van der Waals surface area contributed by atoms with E-state index in [4.69, 9.17) is 34.8 Å². The molecule has 0 aliphatic carbocycles. The van der Waals surface area contributed by atoms with Crippen molar-refractivity contribution in [3.05, 3.63) is 32.8 Å². The van der Waals surface area contributed by atoms with Crippen molar-refractivity contribution in [2.45, 2.75) is 19.5 Å². The molecule has 1 fully saturated rings. The maximum Gasteiger partial charge on any atom is 0.0652 e. The monoisotopic (exact) mass is 292 g/mol. The molecular weight excluding hydrogens is 279 g/mol. The number of piperazine rings is 1. The molecule has 2 rings (SSSR count). The maximum absolute atomic E-state index is 6.21. The van der Waals surface area contributed by atoms with Crippen LogP contribution < -0.4 is 5.32 Å². The summed E-state index contributed by atoms with van der Waals surface area (Å²) in [6.07, 6.45) is 0. The standard InChI is InChI=1S/C12H15Cl3N2/c1-8-6-16-4-5-17(8)7-9-10(13)2-3-11(14)12(9)15/h2-3,8,16H,4-7H2,1H3. The van der Waals surface area contributed by atoms with E-state index in [0.717, 1.165) is 31.7 Å². The Hall–Kier alpha value is 0.01000. The van der Waals surface area contributed by atoms with Crippen LogP contribution in [0.2, 0.25) is 15.1 Å². The Kier molecular flexibility index (Phi) is 4.56. The van der Waals surface area contributed by atoms with E-state index in [0.29, 0.717) is 21.1 Å². The van der Waals surface area contributed by atoms with Crippen LogP contribution in [-0.4, -0.2) is 30.6 Å². The van der Waals surface area contributed by atoms with Gasteiger partial charge in [-0.3, -0.25) is 4.90 Å². The zero-order chi connectivity index (χ0) is 12.4. The Balaban J connectivity index is 2.20. The van der Waals surface area contributed by atoms with Crippen LogP contribution in [0.5, 0.6) is 0 Å². The smallest absolute Gasteiger partial charge is 0.0652 e. The van der Waals surface area contributed by atoms with E-state index in [1.807, 2.05) is 0 Å². The van der Waals surface area contributed by atoms with Crippen molar-refractivity contribution in [1.29, 1.82) is 0 Å². The summed E-state index contributed by atoms with van der Waals surface area (Å²) in [6.45, 7) is 5.94. The lowest BCUT2D eigenvalue weighted by atomic mass is 10.1. The molecule has 94 valence electrons. The lowest BCUT2D eigenvalue weighted by Crippen LogP contribution is -2.49. The number of hydrogen-bond acceptors (Lipinski definition) is 2. The fourth-order valence-electron chi connectivity index (χ4n) is 2.04. The predicted molar refractivity (Wildman–Crippen MR) is 74.2 cm³/mol. The minimum atomic E-state index is 0.481. The second-order valence-corrected chi connectivity index (χ2v) is 5.54. The summed E-state index contributed by atoms with van der Waals surface area (Å²) >= 11 is 18.4. The third kappa shape index (κ3) is 3.07. The van der Waals surface area contributed by atoms with Gasteiger partial charge in [-0.05, 0) is 19.1 Å². The molecule has 1 unspecified atom stereocenters. The van der Waals surface area contributed by atoms with Crippen molar-refractivity contribution in [3.63, 3.8) is 0 Å². The Bertz CT molecular complexity index is 409. The van der Waals surface area contributed by atoms with E-state index in [1.165, 1.54) is 0 Å². The lowest BCUT2D eigenvalue weighted by molar-refractivity contribution is 0.166. The Morgan fingerprint density at radius 3 is 2.71 bits per heavy atom. The summed E-state index contributed by atoms with van der Waals surface area (Å²) < 4.78 is 0. The highest BCUT2D eigenvalue weighted by Gasteiger charge is 2.20. The van der Waals surface area contributed by atoms with Crippen LogP contribution in [0.4, 0.5) is 0 Å². The Morgan fingerprint density at radius 1 is 1.29 bits per heavy atom. The highest BCUT2D eigenvalue weighted by atomic mass is 35.5. The van der Waals surface area contributed by atoms with E-state index < -0.39 is 0 Å². The quantitative estimate of drug-likeness (QED) is 0.840. The first kappa shape index (κ1) is 13.4. The molecular formula is C12H15Cl3N2. The maximum atomic E-state index is 6.21. The molecule has 0 saturated carbocycles.